The predicted octanol–water partition coefficient (Wildman–Crippen LogP) is 10.1. The zero-order chi connectivity index (χ0) is 39.5. The van der Waals surface area contributed by atoms with Crippen molar-refractivity contribution in [2.24, 2.45) is 0 Å². The Morgan fingerprint density at radius 2 is 1.26 bits per heavy atom. The van der Waals surface area contributed by atoms with Crippen molar-refractivity contribution in [2.75, 3.05) is 47.5 Å². The minimum Gasteiger partial charge on any atom is -0.462 e. The normalized spacial score (nSPS) is 14.8. The van der Waals surface area contributed by atoms with E-state index >= 15 is 0 Å². The van der Waals surface area contributed by atoms with Gasteiger partial charge in [0.2, 0.25) is 0 Å². The van der Waals surface area contributed by atoms with Gasteiger partial charge in [-0.1, -0.05) is 140 Å². The summed E-state index contributed by atoms with van der Waals surface area (Å²) in [7, 11) is 1.40. The fraction of sp³-hybridized carbons (Fsp3) is 0.762. The Balaban J connectivity index is 4.58. The summed E-state index contributed by atoms with van der Waals surface area (Å²) < 4.78 is 34.1. The van der Waals surface area contributed by atoms with Gasteiger partial charge in [0.15, 0.2) is 6.10 Å². The van der Waals surface area contributed by atoms with E-state index < -0.39 is 38.6 Å². The van der Waals surface area contributed by atoms with Crippen LogP contribution >= 0.6 is 7.82 Å². The van der Waals surface area contributed by atoms with E-state index in [-0.39, 0.29) is 26.1 Å². The molecular weight excluding hydrogens is 693 g/mol. The van der Waals surface area contributed by atoms with Crippen LogP contribution in [0.5, 0.6) is 0 Å². The fourth-order valence-corrected chi connectivity index (χ4v) is 5.89. The van der Waals surface area contributed by atoms with Crippen LogP contribution in [-0.2, 0) is 32.7 Å². The van der Waals surface area contributed by atoms with Crippen LogP contribution in [0.15, 0.2) is 48.6 Å². The number of hydrogen-bond acceptors (Lipinski definition) is 8. The van der Waals surface area contributed by atoms with Gasteiger partial charge in [0.05, 0.1) is 33.9 Å². The van der Waals surface area contributed by atoms with Gasteiger partial charge in [-0.3, -0.25) is 18.6 Å². The molecule has 3 atom stereocenters. The van der Waals surface area contributed by atoms with Crippen LogP contribution in [0, 0.1) is 0 Å². The van der Waals surface area contributed by atoms with Gasteiger partial charge in [-0.25, -0.2) is 4.57 Å². The molecule has 0 rings (SSSR count). The number of carbonyl (C=O) groups excluding carboxylic acids is 2. The molecule has 0 radical (unpaired) electrons. The van der Waals surface area contributed by atoms with Crippen LogP contribution in [0.2, 0.25) is 0 Å². The van der Waals surface area contributed by atoms with Crippen LogP contribution in [0.25, 0.3) is 0 Å². The van der Waals surface area contributed by atoms with E-state index in [4.69, 9.17) is 18.5 Å². The maximum absolute atomic E-state index is 12.6. The second kappa shape index (κ2) is 34.4. The molecular formula is C42H77NO9P+. The lowest BCUT2D eigenvalue weighted by atomic mass is 10.1. The first-order valence-corrected chi connectivity index (χ1v) is 22.0. The minimum absolute atomic E-state index is 0.00986. The molecule has 0 amide bonds. The summed E-state index contributed by atoms with van der Waals surface area (Å²) in [5.41, 5.74) is 0. The topological polar surface area (TPSA) is 129 Å². The quantitative estimate of drug-likeness (QED) is 0.0160. The highest BCUT2D eigenvalue weighted by atomic mass is 31.2. The molecule has 0 aromatic heterocycles. The van der Waals surface area contributed by atoms with Gasteiger partial charge >= 0.3 is 19.8 Å². The number of likely N-dealkylation sites (N-methyl/N-ethyl adjacent to an activating group) is 1. The number of phosphoric acid groups is 1. The first-order valence-electron chi connectivity index (χ1n) is 20.5. The van der Waals surface area contributed by atoms with E-state index in [1.165, 1.54) is 70.6 Å². The molecule has 0 aromatic carbocycles. The van der Waals surface area contributed by atoms with Crippen molar-refractivity contribution in [3.05, 3.63) is 48.6 Å². The van der Waals surface area contributed by atoms with E-state index in [0.717, 1.165) is 32.1 Å². The third kappa shape index (κ3) is 38.0. The van der Waals surface area contributed by atoms with Crippen molar-refractivity contribution in [3.63, 3.8) is 0 Å². The van der Waals surface area contributed by atoms with Crippen molar-refractivity contribution < 1.29 is 47.2 Å². The molecule has 0 saturated heterocycles. The van der Waals surface area contributed by atoms with Gasteiger partial charge in [-0.05, 0) is 44.9 Å². The van der Waals surface area contributed by atoms with Crippen molar-refractivity contribution >= 4 is 19.8 Å². The Kier molecular flexibility index (Phi) is 33.1. The summed E-state index contributed by atoms with van der Waals surface area (Å²) in [5.74, 6) is -0.906. The largest absolute Gasteiger partial charge is 0.472 e. The molecule has 0 aliphatic rings. The molecule has 3 unspecified atom stereocenters. The Morgan fingerprint density at radius 3 is 1.92 bits per heavy atom. The highest BCUT2D eigenvalue weighted by molar-refractivity contribution is 7.47. The lowest BCUT2D eigenvalue weighted by Crippen LogP contribution is -2.37. The highest BCUT2D eigenvalue weighted by Gasteiger charge is 2.27. The molecule has 53 heavy (non-hydrogen) atoms. The number of allylic oxidation sites excluding steroid dienone is 6. The SMILES string of the molecule is CCCCC/C=C\CC(O)/C=C/C=C\C/C=C\CCCC(=O)OC(COC(=O)CCCCCCCCCCCCC)COP(=O)(O)OCC[N+](C)(C)C. The third-order valence-electron chi connectivity index (χ3n) is 8.44. The molecule has 0 spiro atoms. The summed E-state index contributed by atoms with van der Waals surface area (Å²) in [6.45, 7) is 4.21. The van der Waals surface area contributed by atoms with Gasteiger partial charge in [0, 0.05) is 12.8 Å². The van der Waals surface area contributed by atoms with E-state index in [0.29, 0.717) is 30.3 Å². The number of esters is 2. The summed E-state index contributed by atoms with van der Waals surface area (Å²) >= 11 is 0. The fourth-order valence-electron chi connectivity index (χ4n) is 5.15. The number of rotatable bonds is 36. The smallest absolute Gasteiger partial charge is 0.462 e. The lowest BCUT2D eigenvalue weighted by Gasteiger charge is -2.24. The average Bonchev–Trinajstić information content (AvgIpc) is 3.10. The van der Waals surface area contributed by atoms with Crippen LogP contribution in [0.3, 0.4) is 0 Å². The Hall–Kier alpha value is -2.07. The van der Waals surface area contributed by atoms with Crippen LogP contribution < -0.4 is 0 Å². The Labute approximate surface area is 323 Å². The molecule has 0 aromatic rings. The zero-order valence-electron chi connectivity index (χ0n) is 34.1. The highest BCUT2D eigenvalue weighted by Crippen LogP contribution is 2.43. The molecule has 2 N–H and O–H groups in total. The molecule has 0 aliphatic heterocycles. The van der Waals surface area contributed by atoms with Crippen LogP contribution in [0.4, 0.5) is 0 Å². The van der Waals surface area contributed by atoms with Gasteiger partial charge in [-0.15, -0.1) is 0 Å². The first-order chi connectivity index (χ1) is 25.4. The summed E-state index contributed by atoms with van der Waals surface area (Å²) in [6, 6.07) is 0. The lowest BCUT2D eigenvalue weighted by molar-refractivity contribution is -0.870. The van der Waals surface area contributed by atoms with Crippen molar-refractivity contribution in [1.82, 2.24) is 0 Å². The van der Waals surface area contributed by atoms with Gasteiger partial charge in [-0.2, -0.15) is 0 Å². The number of aliphatic hydroxyl groups excluding tert-OH is 1. The second-order valence-electron chi connectivity index (χ2n) is 14.9. The number of hydrogen-bond donors (Lipinski definition) is 2. The van der Waals surface area contributed by atoms with Crippen molar-refractivity contribution in [2.45, 2.75) is 161 Å². The number of aliphatic hydroxyl groups is 1. The van der Waals surface area contributed by atoms with E-state index in [2.05, 4.69) is 19.9 Å². The molecule has 11 heteroatoms. The van der Waals surface area contributed by atoms with Crippen molar-refractivity contribution in [1.29, 1.82) is 0 Å². The van der Waals surface area contributed by atoms with Crippen LogP contribution in [0.1, 0.15) is 149 Å². The molecule has 0 aliphatic carbocycles. The van der Waals surface area contributed by atoms with E-state index in [9.17, 15) is 24.2 Å². The number of nitrogens with zero attached hydrogens (tertiary/aromatic N) is 1. The Bertz CT molecular complexity index is 1070. The second-order valence-corrected chi connectivity index (χ2v) is 16.3. The average molecular weight is 771 g/mol. The molecule has 0 bridgehead atoms. The summed E-state index contributed by atoms with van der Waals surface area (Å²) in [5, 5.41) is 10.0. The number of carbonyl (C=O) groups is 2. The van der Waals surface area contributed by atoms with Gasteiger partial charge in [0.25, 0.3) is 0 Å². The van der Waals surface area contributed by atoms with Crippen LogP contribution in [-0.4, -0.2) is 86.1 Å². The predicted molar refractivity (Wildman–Crippen MR) is 216 cm³/mol. The molecule has 0 fully saturated rings. The molecule has 308 valence electrons. The van der Waals surface area contributed by atoms with Gasteiger partial charge < -0.3 is 24.0 Å². The first kappa shape index (κ1) is 50.9. The van der Waals surface area contributed by atoms with Crippen molar-refractivity contribution in [3.8, 4) is 0 Å². The molecule has 10 nitrogen and oxygen atoms in total. The standard InChI is InChI=1S/C42H76NO9P/c1-6-8-10-12-14-15-16-17-21-25-29-33-41(45)49-37-40(38-51-53(47,48)50-36-35-43(3,4)5)52-42(46)34-30-26-22-19-18-20-24-28-32-39(44)31-27-23-13-11-9-7-2/h19-20,22-24,27-28,32,39-40,44H,6-18,21,25-26,29-31,33-38H2,1-5H3/p+1/b22-19-,24-20-,27-23-,32-28+. The monoisotopic (exact) mass is 771 g/mol. The number of unbranched alkanes of at least 4 members (excludes halogenated alkanes) is 14. The van der Waals surface area contributed by atoms with Gasteiger partial charge in [0.1, 0.15) is 19.8 Å². The Morgan fingerprint density at radius 1 is 0.679 bits per heavy atom. The molecule has 0 saturated carbocycles. The third-order valence-corrected chi connectivity index (χ3v) is 9.43. The summed E-state index contributed by atoms with van der Waals surface area (Å²) in [4.78, 5) is 35.2. The number of ether oxygens (including phenoxy) is 2. The number of phosphoric ester groups is 1. The number of quaternary nitrogens is 1. The zero-order valence-corrected chi connectivity index (χ0v) is 35.0. The summed E-state index contributed by atoms with van der Waals surface area (Å²) in [6.07, 6.45) is 34.8. The maximum atomic E-state index is 12.6. The van der Waals surface area contributed by atoms with E-state index in [1.54, 1.807) is 6.08 Å². The maximum Gasteiger partial charge on any atom is 0.472 e. The minimum atomic E-state index is -4.40. The molecule has 0 heterocycles. The van der Waals surface area contributed by atoms with E-state index in [1.807, 2.05) is 57.6 Å².